The van der Waals surface area contributed by atoms with Crippen molar-refractivity contribution in [2.75, 3.05) is 38.7 Å². The van der Waals surface area contributed by atoms with Gasteiger partial charge in [0.2, 0.25) is 5.91 Å². The Morgan fingerprint density at radius 2 is 2.10 bits per heavy atom. The van der Waals surface area contributed by atoms with Gasteiger partial charge in [-0.3, -0.25) is 9.69 Å². The molecule has 0 aromatic heterocycles. The van der Waals surface area contributed by atoms with Crippen molar-refractivity contribution in [3.8, 4) is 5.75 Å². The van der Waals surface area contributed by atoms with Crippen LogP contribution in [0.4, 0.5) is 5.69 Å². The molecule has 0 aliphatic rings. The number of anilines is 1. The number of rotatable bonds is 9. The molecule has 1 amide bonds. The van der Waals surface area contributed by atoms with E-state index in [1.54, 1.807) is 7.11 Å². The quantitative estimate of drug-likeness (QED) is 0.676. The van der Waals surface area contributed by atoms with E-state index in [4.69, 9.17) is 9.84 Å². The predicted octanol–water partition coefficient (Wildman–Crippen LogP) is 1.73. The third-order valence-electron chi connectivity index (χ3n) is 3.08. The van der Waals surface area contributed by atoms with Crippen molar-refractivity contribution in [3.05, 3.63) is 24.3 Å². The zero-order chi connectivity index (χ0) is 14.8. The Hall–Kier alpha value is -1.59. The standard InChI is InChI=1S/C15H24N2O3/c1-3-17(10-6-7-11-18)12-15(19)16-13-8-4-5-9-14(13)20-2/h4-5,8-9,18H,3,6-7,10-12H2,1-2H3,(H,16,19). The number of nitrogens with zero attached hydrogens (tertiary/aromatic N) is 1. The summed E-state index contributed by atoms with van der Waals surface area (Å²) < 4.78 is 5.20. The molecule has 0 atom stereocenters. The molecule has 5 nitrogen and oxygen atoms in total. The van der Waals surface area contributed by atoms with Crippen molar-refractivity contribution in [2.24, 2.45) is 0 Å². The highest BCUT2D eigenvalue weighted by Crippen LogP contribution is 2.22. The lowest BCUT2D eigenvalue weighted by molar-refractivity contribution is -0.117. The number of unbranched alkanes of at least 4 members (excludes halogenated alkanes) is 1. The molecule has 0 bridgehead atoms. The smallest absolute Gasteiger partial charge is 0.238 e. The van der Waals surface area contributed by atoms with E-state index in [9.17, 15) is 4.79 Å². The molecule has 0 saturated heterocycles. The molecule has 0 saturated carbocycles. The molecule has 1 aromatic rings. The molecule has 0 heterocycles. The number of ether oxygens (including phenoxy) is 1. The van der Waals surface area contributed by atoms with Crippen LogP contribution in [0, 0.1) is 0 Å². The largest absolute Gasteiger partial charge is 0.495 e. The van der Waals surface area contributed by atoms with Crippen LogP contribution >= 0.6 is 0 Å². The second-order valence-corrected chi connectivity index (χ2v) is 4.55. The number of hydrogen-bond acceptors (Lipinski definition) is 4. The van der Waals surface area contributed by atoms with Crippen molar-refractivity contribution in [2.45, 2.75) is 19.8 Å². The van der Waals surface area contributed by atoms with Gasteiger partial charge in [-0.05, 0) is 38.1 Å². The molecule has 2 N–H and O–H groups in total. The Morgan fingerprint density at radius 1 is 1.35 bits per heavy atom. The van der Waals surface area contributed by atoms with Crippen LogP contribution in [-0.2, 0) is 4.79 Å². The summed E-state index contributed by atoms with van der Waals surface area (Å²) in [5, 5.41) is 11.6. The van der Waals surface area contributed by atoms with Gasteiger partial charge in [0.15, 0.2) is 0 Å². The van der Waals surface area contributed by atoms with E-state index < -0.39 is 0 Å². The lowest BCUT2D eigenvalue weighted by Gasteiger charge is -2.20. The van der Waals surface area contributed by atoms with E-state index in [-0.39, 0.29) is 12.5 Å². The van der Waals surface area contributed by atoms with Crippen molar-refractivity contribution in [3.63, 3.8) is 0 Å². The average molecular weight is 280 g/mol. The first-order valence-electron chi connectivity index (χ1n) is 6.97. The first-order valence-corrected chi connectivity index (χ1v) is 6.97. The van der Waals surface area contributed by atoms with Crippen LogP contribution in [0.15, 0.2) is 24.3 Å². The SMILES string of the molecule is CCN(CCCCO)CC(=O)Nc1ccccc1OC. The summed E-state index contributed by atoms with van der Waals surface area (Å²) in [7, 11) is 1.58. The summed E-state index contributed by atoms with van der Waals surface area (Å²) in [6.07, 6.45) is 1.66. The summed E-state index contributed by atoms with van der Waals surface area (Å²) in [6.45, 7) is 4.20. The highest BCUT2D eigenvalue weighted by atomic mass is 16.5. The van der Waals surface area contributed by atoms with E-state index >= 15 is 0 Å². The third kappa shape index (κ3) is 5.59. The average Bonchev–Trinajstić information content (AvgIpc) is 2.47. The fourth-order valence-electron chi connectivity index (χ4n) is 1.94. The molecule has 0 aliphatic carbocycles. The number of carbonyl (C=O) groups is 1. The molecule has 0 unspecified atom stereocenters. The van der Waals surface area contributed by atoms with Gasteiger partial charge in [-0.1, -0.05) is 19.1 Å². The van der Waals surface area contributed by atoms with E-state index in [0.29, 0.717) is 18.0 Å². The lowest BCUT2D eigenvalue weighted by atomic mass is 10.2. The van der Waals surface area contributed by atoms with Crippen molar-refractivity contribution >= 4 is 11.6 Å². The molecule has 1 rings (SSSR count). The molecular formula is C15H24N2O3. The van der Waals surface area contributed by atoms with Gasteiger partial charge in [0.1, 0.15) is 5.75 Å². The number of benzene rings is 1. The Balaban J connectivity index is 2.49. The zero-order valence-electron chi connectivity index (χ0n) is 12.3. The van der Waals surface area contributed by atoms with Crippen LogP contribution < -0.4 is 10.1 Å². The number of nitrogens with one attached hydrogen (secondary N) is 1. The molecular weight excluding hydrogens is 256 g/mol. The van der Waals surface area contributed by atoms with Crippen molar-refractivity contribution < 1.29 is 14.6 Å². The van der Waals surface area contributed by atoms with Crippen LogP contribution in [-0.4, -0.2) is 49.3 Å². The minimum Gasteiger partial charge on any atom is -0.495 e. The first kappa shape index (κ1) is 16.5. The molecule has 0 radical (unpaired) electrons. The van der Waals surface area contributed by atoms with Gasteiger partial charge in [-0.25, -0.2) is 0 Å². The summed E-state index contributed by atoms with van der Waals surface area (Å²) >= 11 is 0. The van der Waals surface area contributed by atoms with E-state index in [1.807, 2.05) is 31.2 Å². The zero-order valence-corrected chi connectivity index (χ0v) is 12.3. The number of amides is 1. The van der Waals surface area contributed by atoms with Gasteiger partial charge < -0.3 is 15.2 Å². The van der Waals surface area contributed by atoms with Crippen LogP contribution in [0.2, 0.25) is 0 Å². The van der Waals surface area contributed by atoms with Crippen LogP contribution in [0.1, 0.15) is 19.8 Å². The lowest BCUT2D eigenvalue weighted by Crippen LogP contribution is -2.34. The minimum absolute atomic E-state index is 0.0552. The van der Waals surface area contributed by atoms with Gasteiger partial charge in [0.25, 0.3) is 0 Å². The second kappa shape index (κ2) is 9.34. The Labute approximate surface area is 120 Å². The molecule has 5 heteroatoms. The third-order valence-corrected chi connectivity index (χ3v) is 3.08. The summed E-state index contributed by atoms with van der Waals surface area (Å²) in [5.41, 5.74) is 0.686. The summed E-state index contributed by atoms with van der Waals surface area (Å²) in [5.74, 6) is 0.601. The van der Waals surface area contributed by atoms with E-state index in [2.05, 4.69) is 10.2 Å². The number of hydrogen-bond donors (Lipinski definition) is 2. The maximum atomic E-state index is 12.0. The monoisotopic (exact) mass is 280 g/mol. The first-order chi connectivity index (χ1) is 9.71. The molecule has 0 spiro atoms. The topological polar surface area (TPSA) is 61.8 Å². The molecule has 20 heavy (non-hydrogen) atoms. The van der Waals surface area contributed by atoms with E-state index in [1.165, 1.54) is 0 Å². The molecule has 1 aromatic carbocycles. The number of aliphatic hydroxyl groups excluding tert-OH is 1. The maximum absolute atomic E-state index is 12.0. The summed E-state index contributed by atoms with van der Waals surface area (Å²) in [6, 6.07) is 7.35. The normalized spacial score (nSPS) is 10.6. The number of carbonyl (C=O) groups excluding carboxylic acids is 1. The highest BCUT2D eigenvalue weighted by Gasteiger charge is 2.11. The van der Waals surface area contributed by atoms with E-state index in [0.717, 1.165) is 25.9 Å². The van der Waals surface area contributed by atoms with Crippen molar-refractivity contribution in [1.29, 1.82) is 0 Å². The number of likely N-dealkylation sites (N-methyl/N-ethyl adjacent to an activating group) is 1. The molecule has 0 fully saturated rings. The number of aliphatic hydroxyl groups is 1. The number of methoxy groups -OCH3 is 1. The van der Waals surface area contributed by atoms with Crippen LogP contribution in [0.3, 0.4) is 0 Å². The fourth-order valence-corrected chi connectivity index (χ4v) is 1.94. The van der Waals surface area contributed by atoms with Gasteiger partial charge in [-0.2, -0.15) is 0 Å². The van der Waals surface area contributed by atoms with Gasteiger partial charge >= 0.3 is 0 Å². The van der Waals surface area contributed by atoms with Crippen molar-refractivity contribution in [1.82, 2.24) is 4.90 Å². The predicted molar refractivity (Wildman–Crippen MR) is 80.1 cm³/mol. The highest BCUT2D eigenvalue weighted by molar-refractivity contribution is 5.93. The molecule has 112 valence electrons. The van der Waals surface area contributed by atoms with Gasteiger partial charge in [0, 0.05) is 6.61 Å². The summed E-state index contributed by atoms with van der Waals surface area (Å²) in [4.78, 5) is 14.1. The van der Waals surface area contributed by atoms with Gasteiger partial charge in [-0.15, -0.1) is 0 Å². The Bertz CT molecular complexity index is 410. The second-order valence-electron chi connectivity index (χ2n) is 4.55. The molecule has 0 aliphatic heterocycles. The van der Waals surface area contributed by atoms with Gasteiger partial charge in [0.05, 0.1) is 19.3 Å². The van der Waals surface area contributed by atoms with Crippen LogP contribution in [0.5, 0.6) is 5.75 Å². The van der Waals surface area contributed by atoms with Crippen LogP contribution in [0.25, 0.3) is 0 Å². The maximum Gasteiger partial charge on any atom is 0.238 e. The minimum atomic E-state index is -0.0552. The Morgan fingerprint density at radius 3 is 2.75 bits per heavy atom. The fraction of sp³-hybridized carbons (Fsp3) is 0.533. The Kier molecular flexibility index (Phi) is 7.69. The number of para-hydroxylation sites is 2.